The van der Waals surface area contributed by atoms with Gasteiger partial charge in [0.2, 0.25) is 11.8 Å². The molecule has 0 radical (unpaired) electrons. The summed E-state index contributed by atoms with van der Waals surface area (Å²) in [5.41, 5.74) is -1.94. The first-order valence-electron chi connectivity index (χ1n) is 6.04. The highest BCUT2D eigenvalue weighted by Crippen LogP contribution is 2.37. The summed E-state index contributed by atoms with van der Waals surface area (Å²) in [6.07, 6.45) is -0.0398. The number of non-ortho nitro benzene ring substituents is 1. The second kappa shape index (κ2) is 4.65. The Morgan fingerprint density at radius 2 is 2.00 bits per heavy atom. The van der Waals surface area contributed by atoms with Crippen LogP contribution in [0, 0.1) is 15.5 Å². The average molecular weight is 292 g/mol. The Kier molecular flexibility index (Phi) is 3.24. The molecule has 1 fully saturated rings. The lowest BCUT2D eigenvalue weighted by molar-refractivity contribution is -0.384. The number of aromatic carboxylic acids is 1. The van der Waals surface area contributed by atoms with Crippen molar-refractivity contribution < 1.29 is 24.4 Å². The van der Waals surface area contributed by atoms with E-state index in [1.54, 1.807) is 13.8 Å². The smallest absolute Gasteiger partial charge is 0.338 e. The minimum Gasteiger partial charge on any atom is -0.478 e. The Labute approximate surface area is 119 Å². The van der Waals surface area contributed by atoms with Gasteiger partial charge in [0.1, 0.15) is 0 Å². The van der Waals surface area contributed by atoms with Crippen LogP contribution >= 0.6 is 0 Å². The number of nitro benzene ring substituents is 1. The van der Waals surface area contributed by atoms with Crippen molar-refractivity contribution in [2.24, 2.45) is 5.41 Å². The largest absolute Gasteiger partial charge is 0.478 e. The van der Waals surface area contributed by atoms with Crippen molar-refractivity contribution >= 4 is 29.2 Å². The molecular weight excluding hydrogens is 280 g/mol. The fourth-order valence-electron chi connectivity index (χ4n) is 2.20. The van der Waals surface area contributed by atoms with Gasteiger partial charge in [-0.3, -0.25) is 19.7 Å². The molecule has 110 valence electrons. The molecule has 0 bridgehead atoms. The topological polar surface area (TPSA) is 118 Å². The predicted molar refractivity (Wildman–Crippen MR) is 70.9 cm³/mol. The summed E-state index contributed by atoms with van der Waals surface area (Å²) in [5.74, 6) is -2.50. The number of hydrogen-bond acceptors (Lipinski definition) is 5. The average Bonchev–Trinajstić information content (AvgIpc) is 2.57. The van der Waals surface area contributed by atoms with Crippen LogP contribution in [0.25, 0.3) is 0 Å². The quantitative estimate of drug-likeness (QED) is 0.513. The van der Waals surface area contributed by atoms with E-state index in [0.29, 0.717) is 0 Å². The van der Waals surface area contributed by atoms with Gasteiger partial charge >= 0.3 is 5.97 Å². The highest BCUT2D eigenvalue weighted by Gasteiger charge is 2.46. The molecule has 0 atom stereocenters. The van der Waals surface area contributed by atoms with Gasteiger partial charge in [0, 0.05) is 18.6 Å². The van der Waals surface area contributed by atoms with Crippen molar-refractivity contribution in [2.45, 2.75) is 20.3 Å². The molecule has 0 saturated carbocycles. The van der Waals surface area contributed by atoms with Crippen LogP contribution in [0.1, 0.15) is 30.6 Å². The van der Waals surface area contributed by atoms with Crippen LogP contribution in [-0.2, 0) is 9.59 Å². The normalized spacial score (nSPS) is 17.1. The Morgan fingerprint density at radius 3 is 2.43 bits per heavy atom. The van der Waals surface area contributed by atoms with Gasteiger partial charge in [-0.05, 0) is 6.07 Å². The zero-order chi connectivity index (χ0) is 15.9. The third-order valence-corrected chi connectivity index (χ3v) is 3.29. The monoisotopic (exact) mass is 292 g/mol. The van der Waals surface area contributed by atoms with Gasteiger partial charge in [0.25, 0.3) is 5.69 Å². The van der Waals surface area contributed by atoms with Crippen LogP contribution in [0.15, 0.2) is 18.2 Å². The number of carbonyl (C=O) groups excluding carboxylic acids is 2. The SMILES string of the molecule is CC1(C)CC(=O)N(c2ccc([N+](=O)[O-])cc2C(=O)O)C1=O. The third-order valence-electron chi connectivity index (χ3n) is 3.29. The Hall–Kier alpha value is -2.77. The van der Waals surface area contributed by atoms with Crippen molar-refractivity contribution in [3.05, 3.63) is 33.9 Å². The molecule has 2 rings (SSSR count). The van der Waals surface area contributed by atoms with E-state index in [1.807, 2.05) is 0 Å². The second-order valence-electron chi connectivity index (χ2n) is 5.36. The van der Waals surface area contributed by atoms with Gasteiger partial charge in [-0.1, -0.05) is 13.8 Å². The minimum atomic E-state index is -1.45. The Balaban J connectivity index is 2.59. The molecule has 1 heterocycles. The van der Waals surface area contributed by atoms with E-state index in [4.69, 9.17) is 5.11 Å². The Morgan fingerprint density at radius 1 is 1.38 bits per heavy atom. The number of imide groups is 1. The summed E-state index contributed by atoms with van der Waals surface area (Å²) in [7, 11) is 0. The lowest BCUT2D eigenvalue weighted by atomic mass is 9.92. The van der Waals surface area contributed by atoms with Crippen molar-refractivity contribution in [1.29, 1.82) is 0 Å². The lowest BCUT2D eigenvalue weighted by Crippen LogP contribution is -2.34. The summed E-state index contributed by atoms with van der Waals surface area (Å²) in [4.78, 5) is 46.2. The second-order valence-corrected chi connectivity index (χ2v) is 5.36. The van der Waals surface area contributed by atoms with E-state index in [-0.39, 0.29) is 12.1 Å². The standard InChI is InChI=1S/C13H12N2O6/c1-13(2)6-10(16)14(12(13)19)9-4-3-7(15(20)21)5-8(9)11(17)18/h3-5H,6H2,1-2H3,(H,17,18). The number of anilines is 1. The van der Waals surface area contributed by atoms with E-state index < -0.39 is 39.4 Å². The fraction of sp³-hybridized carbons (Fsp3) is 0.308. The molecule has 1 aromatic rings. The molecule has 1 saturated heterocycles. The van der Waals surface area contributed by atoms with Crippen molar-refractivity contribution in [2.75, 3.05) is 4.90 Å². The predicted octanol–water partition coefficient (Wildman–Crippen LogP) is 1.58. The molecule has 0 aliphatic carbocycles. The number of amides is 2. The number of carbonyl (C=O) groups is 3. The molecule has 0 unspecified atom stereocenters. The van der Waals surface area contributed by atoms with Crippen molar-refractivity contribution in [1.82, 2.24) is 0 Å². The van der Waals surface area contributed by atoms with Crippen LogP contribution in [0.2, 0.25) is 0 Å². The molecule has 2 amide bonds. The lowest BCUT2D eigenvalue weighted by Gasteiger charge is -2.19. The third kappa shape index (κ3) is 2.35. The van der Waals surface area contributed by atoms with Gasteiger partial charge in [-0.15, -0.1) is 0 Å². The van der Waals surface area contributed by atoms with Crippen molar-refractivity contribution in [3.8, 4) is 0 Å². The number of carboxylic acid groups (broad SMARTS) is 1. The van der Waals surface area contributed by atoms with E-state index in [9.17, 15) is 24.5 Å². The maximum Gasteiger partial charge on any atom is 0.338 e. The number of benzene rings is 1. The van der Waals surface area contributed by atoms with Gasteiger partial charge in [0.15, 0.2) is 0 Å². The summed E-state index contributed by atoms with van der Waals surface area (Å²) in [6, 6.07) is 3.01. The van der Waals surface area contributed by atoms with E-state index in [1.165, 1.54) is 0 Å². The first kappa shape index (κ1) is 14.6. The van der Waals surface area contributed by atoms with Gasteiger partial charge in [-0.25, -0.2) is 9.69 Å². The highest BCUT2D eigenvalue weighted by atomic mass is 16.6. The van der Waals surface area contributed by atoms with Crippen LogP contribution in [0.3, 0.4) is 0 Å². The first-order valence-corrected chi connectivity index (χ1v) is 6.04. The van der Waals surface area contributed by atoms with E-state index in [0.717, 1.165) is 23.1 Å². The van der Waals surface area contributed by atoms with Gasteiger partial charge < -0.3 is 5.11 Å². The molecule has 0 spiro atoms. The highest BCUT2D eigenvalue weighted by molar-refractivity contribution is 6.24. The number of nitro groups is 1. The Bertz CT molecular complexity index is 679. The fourth-order valence-corrected chi connectivity index (χ4v) is 2.20. The number of hydrogen-bond donors (Lipinski definition) is 1. The maximum absolute atomic E-state index is 12.2. The summed E-state index contributed by atoms with van der Waals surface area (Å²) >= 11 is 0. The van der Waals surface area contributed by atoms with Crippen LogP contribution in [-0.4, -0.2) is 27.8 Å². The molecule has 1 aromatic carbocycles. The molecule has 21 heavy (non-hydrogen) atoms. The molecule has 1 aliphatic heterocycles. The van der Waals surface area contributed by atoms with E-state index in [2.05, 4.69) is 0 Å². The molecule has 8 nitrogen and oxygen atoms in total. The van der Waals surface area contributed by atoms with Gasteiger partial charge in [-0.2, -0.15) is 0 Å². The molecule has 1 aliphatic rings. The molecule has 1 N–H and O–H groups in total. The summed E-state index contributed by atoms with van der Waals surface area (Å²) < 4.78 is 0. The number of rotatable bonds is 3. The minimum absolute atomic E-state index is 0.0398. The van der Waals surface area contributed by atoms with Crippen molar-refractivity contribution in [3.63, 3.8) is 0 Å². The maximum atomic E-state index is 12.2. The van der Waals surface area contributed by atoms with Gasteiger partial charge in [0.05, 0.1) is 21.6 Å². The number of carboxylic acids is 1. The molecular formula is C13H12N2O6. The zero-order valence-corrected chi connectivity index (χ0v) is 11.3. The van der Waals surface area contributed by atoms with Crippen LogP contribution in [0.4, 0.5) is 11.4 Å². The number of nitrogens with zero attached hydrogens (tertiary/aromatic N) is 2. The molecule has 0 aromatic heterocycles. The summed E-state index contributed by atoms with van der Waals surface area (Å²) in [5, 5.41) is 19.9. The van der Waals surface area contributed by atoms with Crippen LogP contribution < -0.4 is 4.90 Å². The van der Waals surface area contributed by atoms with E-state index >= 15 is 0 Å². The zero-order valence-electron chi connectivity index (χ0n) is 11.3. The van der Waals surface area contributed by atoms with Crippen LogP contribution in [0.5, 0.6) is 0 Å². The molecule has 8 heteroatoms. The first-order chi connectivity index (χ1) is 9.65. The summed E-state index contributed by atoms with van der Waals surface area (Å²) in [6.45, 7) is 3.16.